The lowest BCUT2D eigenvalue weighted by atomic mass is 10.1. The quantitative estimate of drug-likeness (QED) is 0.687. The highest BCUT2D eigenvalue weighted by atomic mass is 32.1. The highest BCUT2D eigenvalue weighted by molar-refractivity contribution is 7.18. The predicted molar refractivity (Wildman–Crippen MR) is 100 cm³/mol. The Bertz CT molecular complexity index is 812. The van der Waals surface area contributed by atoms with Gasteiger partial charge in [-0.05, 0) is 31.7 Å². The van der Waals surface area contributed by atoms with Gasteiger partial charge < -0.3 is 19.2 Å². The number of amides is 1. The Labute approximate surface area is 161 Å². The molecule has 0 fully saturated rings. The molecule has 8 nitrogen and oxygen atoms in total. The first-order valence-electron chi connectivity index (χ1n) is 8.18. The number of rotatable bonds is 8. The summed E-state index contributed by atoms with van der Waals surface area (Å²) in [6, 6.07) is 3.67. The average molecular weight is 394 g/mol. The number of ether oxygens (including phenoxy) is 2. The third-order valence-corrected chi connectivity index (χ3v) is 5.07. The van der Waals surface area contributed by atoms with Crippen molar-refractivity contribution >= 4 is 34.2 Å². The summed E-state index contributed by atoms with van der Waals surface area (Å²) in [5.41, 5.74) is 0.587. The molecule has 1 amide bonds. The minimum absolute atomic E-state index is 0.167. The van der Waals surface area contributed by atoms with Gasteiger partial charge in [-0.2, -0.15) is 0 Å². The predicted octanol–water partition coefficient (Wildman–Crippen LogP) is 2.68. The largest absolute Gasteiger partial charge is 0.468 e. The van der Waals surface area contributed by atoms with Gasteiger partial charge in [0.25, 0.3) is 0 Å². The van der Waals surface area contributed by atoms with E-state index in [0.717, 1.165) is 17.1 Å². The van der Waals surface area contributed by atoms with E-state index in [4.69, 9.17) is 13.9 Å². The smallest absolute Gasteiger partial charge is 0.348 e. The lowest BCUT2D eigenvalue weighted by Crippen LogP contribution is -2.24. The second kappa shape index (κ2) is 9.33. The first-order valence-corrected chi connectivity index (χ1v) is 8.99. The van der Waals surface area contributed by atoms with Gasteiger partial charge in [0.2, 0.25) is 5.91 Å². The summed E-state index contributed by atoms with van der Waals surface area (Å²) in [4.78, 5) is 38.5. The maximum absolute atomic E-state index is 12.3. The fourth-order valence-electron chi connectivity index (χ4n) is 2.47. The van der Waals surface area contributed by atoms with Crippen molar-refractivity contribution in [2.45, 2.75) is 19.9 Å². The molecule has 0 radical (unpaired) electrons. The third kappa shape index (κ3) is 5.18. The Kier molecular flexibility index (Phi) is 7.14. The first kappa shape index (κ1) is 20.7. The molecule has 0 atom stereocenters. The molecule has 9 heteroatoms. The van der Waals surface area contributed by atoms with Crippen LogP contribution in [0.25, 0.3) is 0 Å². The first-order chi connectivity index (χ1) is 12.9. The van der Waals surface area contributed by atoms with E-state index in [1.807, 2.05) is 24.1 Å². The number of nitrogens with zero attached hydrogens (tertiary/aromatic N) is 1. The Balaban J connectivity index is 2.05. The lowest BCUT2D eigenvalue weighted by Gasteiger charge is -2.14. The monoisotopic (exact) mass is 394 g/mol. The molecular formula is C18H22N2O6S. The van der Waals surface area contributed by atoms with E-state index in [9.17, 15) is 14.4 Å². The standard InChI is InChI=1S/C18H22N2O6S/c1-11-14(17(22)24-3)16(27-15(11)18(23)25-4)19-13(21)7-8-20(2)10-12-6-5-9-26-12/h5-6,9H,7-8,10H2,1-4H3,(H,19,21). The van der Waals surface area contributed by atoms with Crippen molar-refractivity contribution in [2.24, 2.45) is 0 Å². The topological polar surface area (TPSA) is 98.1 Å². The van der Waals surface area contributed by atoms with Crippen LogP contribution >= 0.6 is 11.3 Å². The fraction of sp³-hybridized carbons (Fsp3) is 0.389. The number of esters is 2. The minimum atomic E-state index is -0.621. The molecule has 2 aromatic rings. The number of carbonyl (C=O) groups excluding carboxylic acids is 3. The zero-order valence-corrected chi connectivity index (χ0v) is 16.5. The summed E-state index contributed by atoms with van der Waals surface area (Å²) >= 11 is 0.993. The molecule has 0 unspecified atom stereocenters. The van der Waals surface area contributed by atoms with Crippen LogP contribution in [-0.2, 0) is 20.8 Å². The number of hydrogen-bond donors (Lipinski definition) is 1. The molecule has 146 valence electrons. The minimum Gasteiger partial charge on any atom is -0.468 e. The van der Waals surface area contributed by atoms with E-state index in [2.05, 4.69) is 5.32 Å². The Morgan fingerprint density at radius 3 is 2.52 bits per heavy atom. The summed E-state index contributed by atoms with van der Waals surface area (Å²) in [5, 5.41) is 2.98. The summed E-state index contributed by atoms with van der Waals surface area (Å²) < 4.78 is 14.8. The van der Waals surface area contributed by atoms with Crippen molar-refractivity contribution in [3.8, 4) is 0 Å². The SMILES string of the molecule is COC(=O)c1sc(NC(=O)CCN(C)Cc2ccco2)c(C(=O)OC)c1C. The van der Waals surface area contributed by atoms with Crippen LogP contribution in [0.4, 0.5) is 5.00 Å². The number of anilines is 1. The van der Waals surface area contributed by atoms with Crippen molar-refractivity contribution in [2.75, 3.05) is 33.1 Å². The maximum atomic E-state index is 12.3. The maximum Gasteiger partial charge on any atom is 0.348 e. The number of thiophene rings is 1. The van der Waals surface area contributed by atoms with E-state index < -0.39 is 11.9 Å². The fourth-order valence-corrected chi connectivity index (χ4v) is 3.60. The van der Waals surface area contributed by atoms with Gasteiger partial charge >= 0.3 is 11.9 Å². The van der Waals surface area contributed by atoms with Crippen LogP contribution in [0.2, 0.25) is 0 Å². The van der Waals surface area contributed by atoms with Crippen LogP contribution in [0.5, 0.6) is 0 Å². The second-order valence-electron chi connectivity index (χ2n) is 5.86. The summed E-state index contributed by atoms with van der Waals surface area (Å²) in [7, 11) is 4.37. The van der Waals surface area contributed by atoms with Gasteiger partial charge in [0.1, 0.15) is 15.6 Å². The van der Waals surface area contributed by atoms with Gasteiger partial charge in [-0.15, -0.1) is 11.3 Å². The summed E-state index contributed by atoms with van der Waals surface area (Å²) in [5.74, 6) is -0.655. The van der Waals surface area contributed by atoms with E-state index in [1.165, 1.54) is 14.2 Å². The lowest BCUT2D eigenvalue weighted by molar-refractivity contribution is -0.116. The Hall–Kier alpha value is -2.65. The molecule has 0 aliphatic carbocycles. The average Bonchev–Trinajstić information content (AvgIpc) is 3.26. The van der Waals surface area contributed by atoms with Crippen LogP contribution in [0.15, 0.2) is 22.8 Å². The van der Waals surface area contributed by atoms with Gasteiger partial charge in [0, 0.05) is 13.0 Å². The molecule has 2 heterocycles. The molecule has 0 aliphatic rings. The van der Waals surface area contributed by atoms with Crippen molar-refractivity contribution < 1.29 is 28.3 Å². The molecule has 0 aromatic carbocycles. The van der Waals surface area contributed by atoms with Crippen molar-refractivity contribution in [3.05, 3.63) is 40.2 Å². The molecule has 27 heavy (non-hydrogen) atoms. The molecule has 0 spiro atoms. The van der Waals surface area contributed by atoms with Crippen LogP contribution in [-0.4, -0.2) is 50.6 Å². The molecule has 2 rings (SSSR count). The number of carbonyl (C=O) groups is 3. The van der Waals surface area contributed by atoms with Crippen molar-refractivity contribution in [1.29, 1.82) is 0 Å². The zero-order valence-electron chi connectivity index (χ0n) is 15.7. The molecule has 0 saturated heterocycles. The molecule has 0 saturated carbocycles. The highest BCUT2D eigenvalue weighted by Gasteiger charge is 2.26. The second-order valence-corrected chi connectivity index (χ2v) is 6.88. The van der Waals surface area contributed by atoms with Gasteiger partial charge in [-0.3, -0.25) is 9.69 Å². The molecule has 0 aliphatic heterocycles. The van der Waals surface area contributed by atoms with Crippen LogP contribution in [0.3, 0.4) is 0 Å². The summed E-state index contributed by atoms with van der Waals surface area (Å²) in [6.07, 6.45) is 1.81. The van der Waals surface area contributed by atoms with E-state index in [1.54, 1.807) is 13.2 Å². The highest BCUT2D eigenvalue weighted by Crippen LogP contribution is 2.34. The molecule has 2 aromatic heterocycles. The van der Waals surface area contributed by atoms with Crippen LogP contribution in [0, 0.1) is 6.92 Å². The normalized spacial score (nSPS) is 10.7. The third-order valence-electron chi connectivity index (χ3n) is 3.89. The zero-order chi connectivity index (χ0) is 20.0. The van der Waals surface area contributed by atoms with Crippen LogP contribution in [0.1, 0.15) is 37.8 Å². The number of furan rings is 1. The summed E-state index contributed by atoms with van der Waals surface area (Å²) in [6.45, 7) is 2.69. The molecule has 0 bridgehead atoms. The molecular weight excluding hydrogens is 372 g/mol. The van der Waals surface area contributed by atoms with Gasteiger partial charge in [0.15, 0.2) is 0 Å². The van der Waals surface area contributed by atoms with Crippen molar-refractivity contribution in [1.82, 2.24) is 4.90 Å². The number of methoxy groups -OCH3 is 2. The van der Waals surface area contributed by atoms with Gasteiger partial charge in [0.05, 0.1) is 32.6 Å². The van der Waals surface area contributed by atoms with Crippen LogP contribution < -0.4 is 5.32 Å². The number of nitrogens with one attached hydrogen (secondary N) is 1. The number of hydrogen-bond acceptors (Lipinski definition) is 8. The van der Waals surface area contributed by atoms with E-state index in [-0.39, 0.29) is 27.8 Å². The Morgan fingerprint density at radius 1 is 1.22 bits per heavy atom. The van der Waals surface area contributed by atoms with E-state index in [0.29, 0.717) is 18.7 Å². The van der Waals surface area contributed by atoms with Gasteiger partial charge in [-0.1, -0.05) is 0 Å². The van der Waals surface area contributed by atoms with Gasteiger partial charge in [-0.25, -0.2) is 9.59 Å². The Morgan fingerprint density at radius 2 is 1.93 bits per heavy atom. The van der Waals surface area contributed by atoms with Crippen molar-refractivity contribution in [3.63, 3.8) is 0 Å². The molecule has 1 N–H and O–H groups in total. The van der Waals surface area contributed by atoms with E-state index >= 15 is 0 Å².